The van der Waals surface area contributed by atoms with E-state index in [-0.39, 0.29) is 27.8 Å². The fourth-order valence-corrected chi connectivity index (χ4v) is 3.94. The average molecular weight is 489 g/mol. The number of hydrogen-bond donors (Lipinski definition) is 2. The largest absolute Gasteiger partial charge is 0.491 e. The Bertz CT molecular complexity index is 977. The summed E-state index contributed by atoms with van der Waals surface area (Å²) < 4.78 is 44.5. The maximum Gasteiger partial charge on any atom is 0.416 e. The number of hydrogen-bond acceptors (Lipinski definition) is 6. The van der Waals surface area contributed by atoms with Crippen LogP contribution >= 0.6 is 23.8 Å². The predicted octanol–water partition coefficient (Wildman–Crippen LogP) is 4.50. The van der Waals surface area contributed by atoms with E-state index in [2.05, 4.69) is 32.4 Å². The molecule has 1 atom stereocenters. The van der Waals surface area contributed by atoms with Gasteiger partial charge in [0.25, 0.3) is 0 Å². The zero-order chi connectivity index (χ0) is 23.5. The van der Waals surface area contributed by atoms with Crippen LogP contribution in [-0.2, 0) is 6.18 Å². The van der Waals surface area contributed by atoms with E-state index in [4.69, 9.17) is 28.6 Å². The van der Waals surface area contributed by atoms with Crippen molar-refractivity contribution in [3.05, 3.63) is 35.0 Å². The second kappa shape index (κ2) is 10.1. The summed E-state index contributed by atoms with van der Waals surface area (Å²) in [7, 11) is 3.49. The van der Waals surface area contributed by atoms with E-state index in [1.807, 2.05) is 11.9 Å². The Balaban J connectivity index is 1.74. The molecule has 1 unspecified atom stereocenters. The SMILES string of the molecule is CCN1CCC(N(C)c2nc(NC(=S)Nc3cc(Cl)cc(C(F)(F)F)c3)ncc2OC)C1. The number of likely N-dealkylation sites (tertiary alicyclic amines) is 1. The van der Waals surface area contributed by atoms with Gasteiger partial charge in [0.05, 0.1) is 18.9 Å². The number of anilines is 3. The van der Waals surface area contributed by atoms with Crippen LogP contribution in [0.5, 0.6) is 5.75 Å². The van der Waals surface area contributed by atoms with Gasteiger partial charge >= 0.3 is 6.18 Å². The Hall–Kier alpha value is -2.37. The van der Waals surface area contributed by atoms with Crippen LogP contribution in [-0.4, -0.2) is 59.8 Å². The zero-order valence-corrected chi connectivity index (χ0v) is 19.4. The van der Waals surface area contributed by atoms with Crippen LogP contribution in [0.25, 0.3) is 0 Å². The van der Waals surface area contributed by atoms with Gasteiger partial charge in [0.1, 0.15) is 0 Å². The summed E-state index contributed by atoms with van der Waals surface area (Å²) in [6, 6.07) is 3.39. The molecule has 12 heteroatoms. The third-order valence-electron chi connectivity index (χ3n) is 5.24. The van der Waals surface area contributed by atoms with Crippen molar-refractivity contribution in [2.75, 3.05) is 49.3 Å². The van der Waals surface area contributed by atoms with Crippen molar-refractivity contribution in [3.63, 3.8) is 0 Å². The highest BCUT2D eigenvalue weighted by molar-refractivity contribution is 7.80. The minimum atomic E-state index is -4.53. The Morgan fingerprint density at radius 2 is 2.09 bits per heavy atom. The molecule has 32 heavy (non-hydrogen) atoms. The van der Waals surface area contributed by atoms with Gasteiger partial charge in [-0.25, -0.2) is 4.98 Å². The lowest BCUT2D eigenvalue weighted by Gasteiger charge is -2.27. The van der Waals surface area contributed by atoms with Gasteiger partial charge in [-0.3, -0.25) is 0 Å². The molecule has 2 aromatic rings. The highest BCUT2D eigenvalue weighted by atomic mass is 35.5. The number of halogens is 4. The minimum Gasteiger partial charge on any atom is -0.491 e. The Kier molecular flexibility index (Phi) is 7.63. The van der Waals surface area contributed by atoms with Gasteiger partial charge in [0, 0.05) is 36.9 Å². The van der Waals surface area contributed by atoms with E-state index in [0.717, 1.165) is 38.2 Å². The van der Waals surface area contributed by atoms with Gasteiger partial charge in [-0.05, 0) is 43.4 Å². The molecule has 1 aromatic heterocycles. The number of benzene rings is 1. The predicted molar refractivity (Wildman–Crippen MR) is 124 cm³/mol. The fraction of sp³-hybridized carbons (Fsp3) is 0.450. The van der Waals surface area contributed by atoms with Crippen molar-refractivity contribution in [2.24, 2.45) is 0 Å². The van der Waals surface area contributed by atoms with Crippen molar-refractivity contribution in [2.45, 2.75) is 25.6 Å². The summed E-state index contributed by atoms with van der Waals surface area (Å²) in [4.78, 5) is 13.1. The normalized spacial score (nSPS) is 16.7. The summed E-state index contributed by atoms with van der Waals surface area (Å²) in [6.07, 6.45) is -2.00. The molecule has 0 radical (unpaired) electrons. The van der Waals surface area contributed by atoms with E-state index >= 15 is 0 Å². The minimum absolute atomic E-state index is 0.0252. The second-order valence-electron chi connectivity index (χ2n) is 7.34. The van der Waals surface area contributed by atoms with Crippen LogP contribution < -0.4 is 20.3 Å². The third kappa shape index (κ3) is 5.90. The first kappa shape index (κ1) is 24.3. The van der Waals surface area contributed by atoms with Gasteiger partial charge in [-0.1, -0.05) is 18.5 Å². The first-order valence-corrected chi connectivity index (χ1v) is 10.7. The lowest BCUT2D eigenvalue weighted by Crippen LogP contribution is -2.35. The van der Waals surface area contributed by atoms with Gasteiger partial charge in [0.15, 0.2) is 16.7 Å². The topological polar surface area (TPSA) is 65.5 Å². The Labute approximate surface area is 194 Å². The number of ether oxygens (including phenoxy) is 1. The Morgan fingerprint density at radius 1 is 1.34 bits per heavy atom. The van der Waals surface area contributed by atoms with E-state index in [9.17, 15) is 13.2 Å². The summed E-state index contributed by atoms with van der Waals surface area (Å²) in [5.41, 5.74) is -0.781. The van der Waals surface area contributed by atoms with Crippen molar-refractivity contribution in [1.29, 1.82) is 0 Å². The smallest absolute Gasteiger partial charge is 0.416 e. The zero-order valence-electron chi connectivity index (χ0n) is 17.8. The number of methoxy groups -OCH3 is 1. The molecular weight excluding hydrogens is 465 g/mol. The molecule has 0 spiro atoms. The number of rotatable bonds is 6. The number of thiocarbonyl (C=S) groups is 1. The van der Waals surface area contributed by atoms with Crippen molar-refractivity contribution in [1.82, 2.24) is 14.9 Å². The summed E-state index contributed by atoms with van der Waals surface area (Å²) in [6.45, 7) is 5.04. The van der Waals surface area contributed by atoms with Crippen LogP contribution in [0, 0.1) is 0 Å². The standard InChI is InChI=1S/C20H24ClF3N6OS/c1-4-30-6-5-15(11-30)29(2)17-16(31-3)10-25-18(27-17)28-19(32)26-14-8-12(20(22,23)24)7-13(21)9-14/h7-10,15H,4-6,11H2,1-3H3,(H2,25,26,27,28,32). The van der Waals surface area contributed by atoms with Gasteiger partial charge in [-0.15, -0.1) is 0 Å². The van der Waals surface area contributed by atoms with Gasteiger partial charge in [-0.2, -0.15) is 18.2 Å². The summed E-state index contributed by atoms with van der Waals surface area (Å²) in [5.74, 6) is 1.29. The number of aromatic nitrogens is 2. The molecule has 0 saturated carbocycles. The van der Waals surface area contributed by atoms with Crippen molar-refractivity contribution in [3.8, 4) is 5.75 Å². The highest BCUT2D eigenvalue weighted by Gasteiger charge is 2.31. The van der Waals surface area contributed by atoms with Crippen LogP contribution in [0.15, 0.2) is 24.4 Å². The monoisotopic (exact) mass is 488 g/mol. The maximum absolute atomic E-state index is 13.0. The average Bonchev–Trinajstić information content (AvgIpc) is 3.21. The second-order valence-corrected chi connectivity index (χ2v) is 8.18. The molecular formula is C20H24ClF3N6OS. The number of alkyl halides is 3. The molecule has 1 saturated heterocycles. The first-order chi connectivity index (χ1) is 15.1. The molecule has 7 nitrogen and oxygen atoms in total. The lowest BCUT2D eigenvalue weighted by atomic mass is 10.2. The molecule has 3 rings (SSSR count). The molecule has 174 valence electrons. The van der Waals surface area contributed by atoms with Gasteiger partial charge in [0.2, 0.25) is 5.95 Å². The van der Waals surface area contributed by atoms with Crippen LogP contribution in [0.1, 0.15) is 18.9 Å². The maximum atomic E-state index is 13.0. The quantitative estimate of drug-likeness (QED) is 0.576. The van der Waals surface area contributed by atoms with E-state index < -0.39 is 11.7 Å². The van der Waals surface area contributed by atoms with Crippen LogP contribution in [0.4, 0.5) is 30.6 Å². The van der Waals surface area contributed by atoms with Gasteiger partial charge < -0.3 is 25.2 Å². The number of nitrogens with zero attached hydrogens (tertiary/aromatic N) is 4. The fourth-order valence-electron chi connectivity index (χ4n) is 3.50. The van der Waals surface area contributed by atoms with E-state index in [0.29, 0.717) is 11.6 Å². The molecule has 0 aliphatic carbocycles. The molecule has 1 aliphatic heterocycles. The highest BCUT2D eigenvalue weighted by Crippen LogP contribution is 2.33. The summed E-state index contributed by atoms with van der Waals surface area (Å²) in [5, 5.41) is 5.46. The lowest BCUT2D eigenvalue weighted by molar-refractivity contribution is -0.137. The van der Waals surface area contributed by atoms with Crippen LogP contribution in [0.3, 0.4) is 0 Å². The molecule has 1 aliphatic rings. The molecule has 0 amide bonds. The van der Waals surface area contributed by atoms with E-state index in [1.54, 1.807) is 7.11 Å². The molecule has 0 bridgehead atoms. The Morgan fingerprint density at radius 3 is 2.72 bits per heavy atom. The van der Waals surface area contributed by atoms with Crippen molar-refractivity contribution >= 4 is 46.4 Å². The molecule has 1 aromatic carbocycles. The number of likely N-dealkylation sites (N-methyl/N-ethyl adjacent to an activating group) is 2. The van der Waals surface area contributed by atoms with E-state index in [1.165, 1.54) is 12.3 Å². The van der Waals surface area contributed by atoms with Crippen LogP contribution in [0.2, 0.25) is 5.02 Å². The summed E-state index contributed by atoms with van der Waals surface area (Å²) >= 11 is 11.0. The van der Waals surface area contributed by atoms with Crippen molar-refractivity contribution < 1.29 is 17.9 Å². The molecule has 2 heterocycles. The first-order valence-electron chi connectivity index (χ1n) is 9.92. The third-order valence-corrected chi connectivity index (χ3v) is 5.66. The number of nitrogens with one attached hydrogen (secondary N) is 2. The molecule has 1 fully saturated rings. The molecule has 2 N–H and O–H groups in total.